The van der Waals surface area contributed by atoms with E-state index in [1.54, 1.807) is 11.8 Å². The van der Waals surface area contributed by atoms with Gasteiger partial charge in [0.15, 0.2) is 0 Å². The molecule has 0 atom stereocenters. The number of ether oxygens (including phenoxy) is 1. The normalized spacial score (nSPS) is 15.6. The first-order valence-corrected chi connectivity index (χ1v) is 7.45. The highest BCUT2D eigenvalue weighted by atomic mass is 32.2. The van der Waals surface area contributed by atoms with Crippen molar-refractivity contribution in [2.75, 3.05) is 12.3 Å². The molecule has 3 nitrogen and oxygen atoms in total. The van der Waals surface area contributed by atoms with E-state index in [1.165, 1.54) is 17.7 Å². The van der Waals surface area contributed by atoms with Crippen molar-refractivity contribution in [3.63, 3.8) is 0 Å². The molecule has 0 heterocycles. The standard InChI is InChI=1S/C14H19NO2S/c16-14(17-12-6-4-5-7-12)15-10-11-18-13-8-2-1-3-9-13/h1-3,8-9,12H,4-7,10-11H2,(H,15,16). The van der Waals surface area contributed by atoms with Gasteiger partial charge in [-0.05, 0) is 37.8 Å². The van der Waals surface area contributed by atoms with Crippen molar-refractivity contribution in [2.24, 2.45) is 0 Å². The Morgan fingerprint density at radius 1 is 1.28 bits per heavy atom. The molecule has 1 saturated carbocycles. The fourth-order valence-electron chi connectivity index (χ4n) is 2.04. The van der Waals surface area contributed by atoms with Gasteiger partial charge in [0.25, 0.3) is 0 Å². The van der Waals surface area contributed by atoms with Crippen LogP contribution < -0.4 is 5.32 Å². The van der Waals surface area contributed by atoms with Crippen LogP contribution >= 0.6 is 11.8 Å². The van der Waals surface area contributed by atoms with Crippen LogP contribution in [0.3, 0.4) is 0 Å². The predicted octanol–water partition coefficient (Wildman–Crippen LogP) is 3.45. The lowest BCUT2D eigenvalue weighted by Crippen LogP contribution is -2.29. The molecule has 1 fully saturated rings. The molecule has 1 aliphatic rings. The van der Waals surface area contributed by atoms with Gasteiger partial charge in [-0.2, -0.15) is 0 Å². The van der Waals surface area contributed by atoms with Gasteiger partial charge in [0.2, 0.25) is 0 Å². The average molecular weight is 265 g/mol. The number of amides is 1. The third-order valence-electron chi connectivity index (χ3n) is 2.96. The van der Waals surface area contributed by atoms with Crippen molar-refractivity contribution >= 4 is 17.9 Å². The van der Waals surface area contributed by atoms with Gasteiger partial charge in [-0.25, -0.2) is 4.79 Å². The Labute approximate surface area is 112 Å². The Hall–Kier alpha value is -1.16. The Morgan fingerprint density at radius 2 is 2.00 bits per heavy atom. The molecule has 1 aliphatic carbocycles. The zero-order valence-electron chi connectivity index (χ0n) is 10.4. The zero-order valence-corrected chi connectivity index (χ0v) is 11.2. The quantitative estimate of drug-likeness (QED) is 0.654. The second-order valence-electron chi connectivity index (χ2n) is 4.40. The molecular weight excluding hydrogens is 246 g/mol. The first-order chi connectivity index (χ1) is 8.84. The van der Waals surface area contributed by atoms with Crippen LogP contribution in [0.5, 0.6) is 0 Å². The summed E-state index contributed by atoms with van der Waals surface area (Å²) in [7, 11) is 0. The van der Waals surface area contributed by atoms with Gasteiger partial charge < -0.3 is 10.1 Å². The minimum Gasteiger partial charge on any atom is -0.446 e. The van der Waals surface area contributed by atoms with Gasteiger partial charge in [-0.1, -0.05) is 18.2 Å². The molecule has 0 radical (unpaired) electrons. The average Bonchev–Trinajstić information content (AvgIpc) is 2.89. The van der Waals surface area contributed by atoms with Crippen LogP contribution in [0.2, 0.25) is 0 Å². The molecule has 0 saturated heterocycles. The summed E-state index contributed by atoms with van der Waals surface area (Å²) in [4.78, 5) is 12.7. The third kappa shape index (κ3) is 4.61. The van der Waals surface area contributed by atoms with E-state index in [-0.39, 0.29) is 12.2 Å². The van der Waals surface area contributed by atoms with E-state index < -0.39 is 0 Å². The highest BCUT2D eigenvalue weighted by Crippen LogP contribution is 2.21. The number of nitrogens with one attached hydrogen (secondary N) is 1. The van der Waals surface area contributed by atoms with Gasteiger partial charge in [0.05, 0.1) is 0 Å². The molecule has 0 bridgehead atoms. The number of rotatable bonds is 5. The van der Waals surface area contributed by atoms with Crippen molar-refractivity contribution in [1.29, 1.82) is 0 Å². The predicted molar refractivity (Wildman–Crippen MR) is 73.9 cm³/mol. The van der Waals surface area contributed by atoms with Gasteiger partial charge in [0, 0.05) is 17.2 Å². The zero-order chi connectivity index (χ0) is 12.6. The van der Waals surface area contributed by atoms with Crippen LogP contribution in [0.4, 0.5) is 4.79 Å². The van der Waals surface area contributed by atoms with Crippen molar-refractivity contribution in [2.45, 2.75) is 36.7 Å². The van der Waals surface area contributed by atoms with E-state index in [9.17, 15) is 4.79 Å². The van der Waals surface area contributed by atoms with E-state index in [0.717, 1.165) is 18.6 Å². The number of hydrogen-bond acceptors (Lipinski definition) is 3. The fraction of sp³-hybridized carbons (Fsp3) is 0.500. The summed E-state index contributed by atoms with van der Waals surface area (Å²) in [5.74, 6) is 0.865. The Kier molecular flexibility index (Phi) is 5.39. The molecular formula is C14H19NO2S. The van der Waals surface area contributed by atoms with Gasteiger partial charge >= 0.3 is 6.09 Å². The second kappa shape index (κ2) is 7.31. The summed E-state index contributed by atoms with van der Waals surface area (Å²) in [6, 6.07) is 10.2. The molecule has 4 heteroatoms. The summed E-state index contributed by atoms with van der Waals surface area (Å²) in [6.45, 7) is 0.644. The van der Waals surface area contributed by atoms with E-state index >= 15 is 0 Å². The third-order valence-corrected chi connectivity index (χ3v) is 3.97. The van der Waals surface area contributed by atoms with Crippen LogP contribution in [-0.4, -0.2) is 24.5 Å². The van der Waals surface area contributed by atoms with Crippen LogP contribution in [0.1, 0.15) is 25.7 Å². The molecule has 0 unspecified atom stereocenters. The first kappa shape index (κ1) is 13.3. The summed E-state index contributed by atoms with van der Waals surface area (Å²) in [5.41, 5.74) is 0. The molecule has 98 valence electrons. The second-order valence-corrected chi connectivity index (χ2v) is 5.57. The highest BCUT2D eigenvalue weighted by molar-refractivity contribution is 7.99. The van der Waals surface area contributed by atoms with Crippen molar-refractivity contribution in [1.82, 2.24) is 5.32 Å². The number of benzene rings is 1. The number of carbonyl (C=O) groups excluding carboxylic acids is 1. The molecule has 2 rings (SSSR count). The molecule has 0 aliphatic heterocycles. The lowest BCUT2D eigenvalue weighted by molar-refractivity contribution is 0.102. The van der Waals surface area contributed by atoms with Gasteiger partial charge in [0.1, 0.15) is 6.10 Å². The van der Waals surface area contributed by atoms with E-state index in [2.05, 4.69) is 17.4 Å². The topological polar surface area (TPSA) is 38.3 Å². The molecule has 18 heavy (non-hydrogen) atoms. The number of thioether (sulfide) groups is 1. The largest absolute Gasteiger partial charge is 0.446 e. The Morgan fingerprint density at radius 3 is 2.72 bits per heavy atom. The lowest BCUT2D eigenvalue weighted by Gasteiger charge is -2.11. The van der Waals surface area contributed by atoms with Crippen LogP contribution in [0, 0.1) is 0 Å². The number of hydrogen-bond donors (Lipinski definition) is 1. The number of alkyl carbamates (subject to hydrolysis) is 1. The molecule has 1 aromatic rings. The minimum atomic E-state index is -0.268. The Balaban J connectivity index is 1.56. The smallest absolute Gasteiger partial charge is 0.407 e. The first-order valence-electron chi connectivity index (χ1n) is 6.47. The summed E-state index contributed by atoms with van der Waals surface area (Å²) >= 11 is 1.73. The van der Waals surface area contributed by atoms with Gasteiger partial charge in [-0.3, -0.25) is 0 Å². The van der Waals surface area contributed by atoms with Crippen LogP contribution in [0.15, 0.2) is 35.2 Å². The summed E-state index contributed by atoms with van der Waals surface area (Å²) in [6.07, 6.45) is 4.28. The Bertz CT molecular complexity index is 363. The maximum absolute atomic E-state index is 11.5. The van der Waals surface area contributed by atoms with Crippen LogP contribution in [0.25, 0.3) is 0 Å². The van der Waals surface area contributed by atoms with Gasteiger partial charge in [-0.15, -0.1) is 11.8 Å². The summed E-state index contributed by atoms with van der Waals surface area (Å²) in [5, 5.41) is 2.80. The van der Waals surface area contributed by atoms with E-state index in [4.69, 9.17) is 4.74 Å². The molecule has 0 aromatic heterocycles. The molecule has 1 N–H and O–H groups in total. The van der Waals surface area contributed by atoms with Crippen molar-refractivity contribution in [3.05, 3.63) is 30.3 Å². The van der Waals surface area contributed by atoms with Crippen LogP contribution in [-0.2, 0) is 4.74 Å². The fourth-order valence-corrected chi connectivity index (χ4v) is 2.83. The van der Waals surface area contributed by atoms with Crippen molar-refractivity contribution in [3.8, 4) is 0 Å². The summed E-state index contributed by atoms with van der Waals surface area (Å²) < 4.78 is 5.30. The molecule has 0 spiro atoms. The minimum absolute atomic E-state index is 0.145. The van der Waals surface area contributed by atoms with Crippen molar-refractivity contribution < 1.29 is 9.53 Å². The molecule has 1 aromatic carbocycles. The van der Waals surface area contributed by atoms with E-state index in [1.807, 2.05) is 18.2 Å². The number of carbonyl (C=O) groups is 1. The van der Waals surface area contributed by atoms with E-state index in [0.29, 0.717) is 6.54 Å². The molecule has 1 amide bonds. The monoisotopic (exact) mass is 265 g/mol. The maximum Gasteiger partial charge on any atom is 0.407 e. The maximum atomic E-state index is 11.5. The lowest BCUT2D eigenvalue weighted by atomic mass is 10.3. The SMILES string of the molecule is O=C(NCCSc1ccccc1)OC1CCCC1. The highest BCUT2D eigenvalue weighted by Gasteiger charge is 2.18.